The second-order valence-electron chi connectivity index (χ2n) is 5.82. The molecule has 2 nitrogen and oxygen atoms in total. The third-order valence-corrected chi connectivity index (χ3v) is 4.21. The molecule has 0 bridgehead atoms. The quantitative estimate of drug-likeness (QED) is 0.683. The summed E-state index contributed by atoms with van der Waals surface area (Å²) < 4.78 is 0. The molecule has 0 atom stereocenters. The summed E-state index contributed by atoms with van der Waals surface area (Å²) in [5, 5.41) is 8.95. The summed E-state index contributed by atoms with van der Waals surface area (Å²) >= 11 is 0. The Kier molecular flexibility index (Phi) is 4.66. The fraction of sp³-hybridized carbons (Fsp3) is 0.0909. The zero-order chi connectivity index (χ0) is 16.9. The second kappa shape index (κ2) is 7.05. The van der Waals surface area contributed by atoms with Gasteiger partial charge in [-0.25, -0.2) is 0 Å². The van der Waals surface area contributed by atoms with Crippen LogP contribution in [0.5, 0.6) is 0 Å². The molecular weight excluding hydrogens is 292 g/mol. The lowest BCUT2D eigenvalue weighted by Crippen LogP contribution is -2.11. The third kappa shape index (κ3) is 3.49. The molecule has 3 rings (SSSR count). The molecule has 3 aromatic rings. The predicted octanol–water partition coefficient (Wildman–Crippen LogP) is 4.79. The first-order valence-corrected chi connectivity index (χ1v) is 8.05. The summed E-state index contributed by atoms with van der Waals surface area (Å²) in [5.74, 6) is 0. The van der Waals surface area contributed by atoms with Crippen LogP contribution in [0.3, 0.4) is 0 Å². The number of nitrogens with one attached hydrogen (secondary N) is 2. The van der Waals surface area contributed by atoms with E-state index >= 15 is 0 Å². The average Bonchev–Trinajstić information content (AvgIpc) is 2.65. The first-order chi connectivity index (χ1) is 11.7. The van der Waals surface area contributed by atoms with Crippen LogP contribution >= 0.6 is 0 Å². The van der Waals surface area contributed by atoms with Gasteiger partial charge < -0.3 is 10.6 Å². The fourth-order valence-electron chi connectivity index (χ4n) is 2.66. The van der Waals surface area contributed by atoms with Crippen molar-refractivity contribution in [2.24, 2.45) is 0 Å². The van der Waals surface area contributed by atoms with Crippen molar-refractivity contribution in [2.45, 2.75) is 6.54 Å². The van der Waals surface area contributed by atoms with E-state index in [0.29, 0.717) is 0 Å². The zero-order valence-electron chi connectivity index (χ0n) is 14.0. The molecule has 0 aromatic heterocycles. The summed E-state index contributed by atoms with van der Waals surface area (Å²) in [7, 11) is 1.88. The van der Waals surface area contributed by atoms with E-state index in [1.54, 1.807) is 0 Å². The van der Waals surface area contributed by atoms with Gasteiger partial charge in [0.2, 0.25) is 0 Å². The SMILES string of the molecule is C=C(NC)c1ccc(CNC(=C)c2ccc3ccccc3c2)cc1. The first-order valence-electron chi connectivity index (χ1n) is 8.05. The summed E-state index contributed by atoms with van der Waals surface area (Å²) in [5.41, 5.74) is 5.30. The Labute approximate surface area is 143 Å². The number of hydrogen-bond acceptors (Lipinski definition) is 2. The van der Waals surface area contributed by atoms with Gasteiger partial charge in [-0.2, -0.15) is 0 Å². The van der Waals surface area contributed by atoms with Crippen LogP contribution in [0, 0.1) is 0 Å². The molecule has 0 aliphatic carbocycles. The summed E-state index contributed by atoms with van der Waals surface area (Å²) in [4.78, 5) is 0. The second-order valence-corrected chi connectivity index (χ2v) is 5.82. The minimum Gasteiger partial charge on any atom is -0.388 e. The Morgan fingerprint density at radius 1 is 0.792 bits per heavy atom. The molecular formula is C22H22N2. The van der Waals surface area contributed by atoms with Crippen molar-refractivity contribution in [3.63, 3.8) is 0 Å². The van der Waals surface area contributed by atoms with Crippen LogP contribution in [0.1, 0.15) is 16.7 Å². The molecule has 2 N–H and O–H groups in total. The molecule has 0 fully saturated rings. The Morgan fingerprint density at radius 3 is 2.17 bits per heavy atom. The molecule has 0 saturated carbocycles. The van der Waals surface area contributed by atoms with E-state index in [9.17, 15) is 0 Å². The maximum atomic E-state index is 4.17. The van der Waals surface area contributed by atoms with E-state index in [2.05, 4.69) is 90.5 Å². The topological polar surface area (TPSA) is 24.1 Å². The molecule has 0 aliphatic heterocycles. The molecule has 120 valence electrons. The highest BCUT2D eigenvalue weighted by atomic mass is 14.9. The van der Waals surface area contributed by atoms with Crippen molar-refractivity contribution in [1.82, 2.24) is 10.6 Å². The van der Waals surface area contributed by atoms with Crippen molar-refractivity contribution < 1.29 is 0 Å². The molecule has 0 spiro atoms. The van der Waals surface area contributed by atoms with Crippen molar-refractivity contribution in [3.05, 3.63) is 96.6 Å². The summed E-state index contributed by atoms with van der Waals surface area (Å²) in [6.45, 7) is 8.89. The Hall–Kier alpha value is -3.00. The summed E-state index contributed by atoms with van der Waals surface area (Å²) in [6, 6.07) is 23.2. The van der Waals surface area contributed by atoms with E-state index in [1.807, 2.05) is 7.05 Å². The van der Waals surface area contributed by atoms with E-state index in [4.69, 9.17) is 0 Å². The van der Waals surface area contributed by atoms with E-state index in [-0.39, 0.29) is 0 Å². The number of rotatable bonds is 6. The molecule has 3 aromatic carbocycles. The smallest absolute Gasteiger partial charge is 0.0400 e. The molecule has 0 saturated heterocycles. The van der Waals surface area contributed by atoms with Crippen LogP contribution in [0.25, 0.3) is 22.2 Å². The Bertz CT molecular complexity index is 876. The predicted molar refractivity (Wildman–Crippen MR) is 104 cm³/mol. The van der Waals surface area contributed by atoms with Crippen LogP contribution < -0.4 is 10.6 Å². The maximum Gasteiger partial charge on any atom is 0.0400 e. The van der Waals surface area contributed by atoms with Gasteiger partial charge in [0, 0.05) is 25.0 Å². The van der Waals surface area contributed by atoms with E-state index in [0.717, 1.165) is 29.1 Å². The van der Waals surface area contributed by atoms with Crippen molar-refractivity contribution >= 4 is 22.2 Å². The highest BCUT2D eigenvalue weighted by molar-refractivity contribution is 5.85. The van der Waals surface area contributed by atoms with Crippen molar-refractivity contribution in [1.29, 1.82) is 0 Å². The fourth-order valence-corrected chi connectivity index (χ4v) is 2.66. The highest BCUT2D eigenvalue weighted by Gasteiger charge is 2.02. The van der Waals surface area contributed by atoms with Gasteiger partial charge in [-0.05, 0) is 33.5 Å². The molecule has 0 aliphatic rings. The normalized spacial score (nSPS) is 10.4. The Morgan fingerprint density at radius 2 is 1.46 bits per heavy atom. The average molecular weight is 314 g/mol. The number of fused-ring (bicyclic) bond motifs is 1. The van der Waals surface area contributed by atoms with E-state index < -0.39 is 0 Å². The van der Waals surface area contributed by atoms with Gasteiger partial charge >= 0.3 is 0 Å². The largest absolute Gasteiger partial charge is 0.388 e. The molecule has 0 heterocycles. The first kappa shape index (κ1) is 15.9. The highest BCUT2D eigenvalue weighted by Crippen LogP contribution is 2.19. The van der Waals surface area contributed by atoms with Crippen molar-refractivity contribution in [2.75, 3.05) is 7.05 Å². The Balaban J connectivity index is 1.67. The standard InChI is InChI=1S/C22H22N2/c1-16(23-3)19-10-8-18(9-11-19)15-24-17(2)21-13-12-20-6-4-5-7-22(20)14-21/h4-14,23-24H,1-2,15H2,3H3. The van der Waals surface area contributed by atoms with Gasteiger partial charge in [0.05, 0.1) is 0 Å². The van der Waals surface area contributed by atoms with E-state index in [1.165, 1.54) is 16.3 Å². The lowest BCUT2D eigenvalue weighted by atomic mass is 10.1. The minimum atomic E-state index is 0.748. The van der Waals surface area contributed by atoms with Gasteiger partial charge in [-0.3, -0.25) is 0 Å². The van der Waals surface area contributed by atoms with Gasteiger partial charge in [0.25, 0.3) is 0 Å². The molecule has 0 radical (unpaired) electrons. The molecule has 2 heteroatoms. The van der Waals surface area contributed by atoms with Crippen LogP contribution in [0.15, 0.2) is 79.9 Å². The molecule has 0 amide bonds. The van der Waals surface area contributed by atoms with Crippen LogP contribution in [0.2, 0.25) is 0 Å². The molecule has 0 unspecified atom stereocenters. The van der Waals surface area contributed by atoms with Crippen LogP contribution in [0.4, 0.5) is 0 Å². The van der Waals surface area contributed by atoms with Crippen LogP contribution in [-0.2, 0) is 6.54 Å². The summed E-state index contributed by atoms with van der Waals surface area (Å²) in [6.07, 6.45) is 0. The van der Waals surface area contributed by atoms with Gasteiger partial charge in [0.1, 0.15) is 0 Å². The van der Waals surface area contributed by atoms with Gasteiger partial charge in [-0.1, -0.05) is 73.8 Å². The van der Waals surface area contributed by atoms with Gasteiger partial charge in [-0.15, -0.1) is 0 Å². The lowest BCUT2D eigenvalue weighted by molar-refractivity contribution is 0.891. The molecule has 24 heavy (non-hydrogen) atoms. The maximum absolute atomic E-state index is 4.17. The number of benzene rings is 3. The van der Waals surface area contributed by atoms with Gasteiger partial charge in [0.15, 0.2) is 0 Å². The van der Waals surface area contributed by atoms with Crippen LogP contribution in [-0.4, -0.2) is 7.05 Å². The van der Waals surface area contributed by atoms with Crippen molar-refractivity contribution in [3.8, 4) is 0 Å². The monoisotopic (exact) mass is 314 g/mol. The number of hydrogen-bond donors (Lipinski definition) is 2. The lowest BCUT2D eigenvalue weighted by Gasteiger charge is -2.12. The third-order valence-electron chi connectivity index (χ3n) is 4.21. The minimum absolute atomic E-state index is 0.748. The zero-order valence-corrected chi connectivity index (χ0v) is 14.0.